The second kappa shape index (κ2) is 10.1. The van der Waals surface area contributed by atoms with Crippen LogP contribution in [0.3, 0.4) is 0 Å². The summed E-state index contributed by atoms with van der Waals surface area (Å²) < 4.78 is 0. The van der Waals surface area contributed by atoms with Gasteiger partial charge in [-0.3, -0.25) is 14.4 Å². The van der Waals surface area contributed by atoms with E-state index in [0.29, 0.717) is 47.2 Å². The summed E-state index contributed by atoms with van der Waals surface area (Å²) in [5.74, 6) is -0.876. The normalized spacial score (nSPS) is 26.6. The van der Waals surface area contributed by atoms with Crippen molar-refractivity contribution in [1.29, 1.82) is 0 Å². The van der Waals surface area contributed by atoms with Crippen LogP contribution in [0.4, 0.5) is 0 Å². The van der Waals surface area contributed by atoms with Gasteiger partial charge in [0.25, 0.3) is 0 Å². The first-order chi connectivity index (χ1) is 16.2. The van der Waals surface area contributed by atoms with Crippen molar-refractivity contribution < 1.29 is 14.4 Å². The summed E-state index contributed by atoms with van der Waals surface area (Å²) in [6, 6.07) is 12.4. The van der Waals surface area contributed by atoms with E-state index in [9.17, 15) is 14.4 Å². The number of carbonyl (C=O) groups excluding carboxylic acids is 3. The van der Waals surface area contributed by atoms with Gasteiger partial charge in [0.15, 0.2) is 0 Å². The molecule has 2 fully saturated rings. The summed E-state index contributed by atoms with van der Waals surface area (Å²) in [6.45, 7) is 0. The highest BCUT2D eigenvalue weighted by molar-refractivity contribution is 6.35. The third-order valence-corrected chi connectivity index (χ3v) is 7.75. The quantitative estimate of drug-likeness (QED) is 0.537. The van der Waals surface area contributed by atoms with E-state index in [1.165, 1.54) is 0 Å². The molecule has 2 aromatic carbocycles. The molecule has 0 bridgehead atoms. The van der Waals surface area contributed by atoms with Crippen LogP contribution in [0.2, 0.25) is 15.1 Å². The predicted molar refractivity (Wildman–Crippen MR) is 133 cm³/mol. The third-order valence-electron chi connectivity index (χ3n) is 6.93. The Kier molecular flexibility index (Phi) is 7.41. The van der Waals surface area contributed by atoms with Crippen molar-refractivity contribution in [2.24, 2.45) is 0 Å². The maximum absolute atomic E-state index is 13.2. The van der Waals surface area contributed by atoms with Gasteiger partial charge >= 0.3 is 0 Å². The molecule has 3 N–H and O–H groups in total. The molecular formula is C25H26Cl3N3O3. The lowest BCUT2D eigenvalue weighted by Gasteiger charge is -2.45. The predicted octanol–water partition coefficient (Wildman–Crippen LogP) is 4.58. The van der Waals surface area contributed by atoms with Crippen LogP contribution < -0.4 is 16.0 Å². The van der Waals surface area contributed by atoms with Crippen LogP contribution in [0.5, 0.6) is 0 Å². The van der Waals surface area contributed by atoms with Crippen molar-refractivity contribution in [2.75, 3.05) is 7.05 Å². The highest BCUT2D eigenvalue weighted by Gasteiger charge is 2.48. The zero-order chi connectivity index (χ0) is 24.5. The van der Waals surface area contributed by atoms with Crippen molar-refractivity contribution >= 4 is 52.5 Å². The van der Waals surface area contributed by atoms with E-state index in [2.05, 4.69) is 16.0 Å². The Hall–Kier alpha value is -2.28. The van der Waals surface area contributed by atoms with Crippen molar-refractivity contribution in [3.8, 4) is 0 Å². The fourth-order valence-electron chi connectivity index (χ4n) is 5.21. The average molecular weight is 523 g/mol. The molecule has 0 spiro atoms. The summed E-state index contributed by atoms with van der Waals surface area (Å²) in [7, 11) is 1.56. The monoisotopic (exact) mass is 521 g/mol. The van der Waals surface area contributed by atoms with Crippen molar-refractivity contribution in [1.82, 2.24) is 16.0 Å². The van der Waals surface area contributed by atoms with Gasteiger partial charge in [-0.2, -0.15) is 0 Å². The van der Waals surface area contributed by atoms with Crippen LogP contribution in [0.15, 0.2) is 42.5 Å². The van der Waals surface area contributed by atoms with Gasteiger partial charge in [-0.1, -0.05) is 53.0 Å². The van der Waals surface area contributed by atoms with E-state index >= 15 is 0 Å². The topological polar surface area (TPSA) is 87.3 Å². The Morgan fingerprint density at radius 3 is 2.32 bits per heavy atom. The fraction of sp³-hybridized carbons (Fsp3) is 0.400. The molecule has 2 aliphatic rings. The van der Waals surface area contributed by atoms with Crippen LogP contribution in [-0.4, -0.2) is 36.3 Å². The van der Waals surface area contributed by atoms with Gasteiger partial charge in [-0.25, -0.2) is 0 Å². The Bertz CT molecular complexity index is 1110. The first-order valence-corrected chi connectivity index (χ1v) is 12.4. The van der Waals surface area contributed by atoms with Crippen LogP contribution >= 0.6 is 34.8 Å². The van der Waals surface area contributed by atoms with Crippen LogP contribution in [-0.2, 0) is 14.4 Å². The first-order valence-electron chi connectivity index (χ1n) is 11.3. The van der Waals surface area contributed by atoms with Crippen LogP contribution in [0.1, 0.15) is 55.1 Å². The molecule has 0 radical (unpaired) electrons. The lowest BCUT2D eigenvalue weighted by molar-refractivity contribution is -0.136. The molecule has 4 atom stereocenters. The molecule has 1 aliphatic heterocycles. The molecule has 4 rings (SSSR count). The molecule has 9 heteroatoms. The number of rotatable bonds is 5. The highest BCUT2D eigenvalue weighted by atomic mass is 35.5. The standard InChI is InChI=1S/C25H26Cl3N3O3/c1-29-24(34)25(31-23(33)21-8-9-22(32)30-21)11-10-17(18-7-6-16(27)12-20(18)28)19(13-25)14-2-4-15(26)5-3-14/h2-7,12,17,19,21H,8-11,13H2,1H3,(H,29,34)(H,30,32)(H,31,33)/t17-,19-,21?,25-/m0/s1. The van der Waals surface area contributed by atoms with E-state index in [0.717, 1.165) is 11.1 Å². The lowest BCUT2D eigenvalue weighted by atomic mass is 9.65. The highest BCUT2D eigenvalue weighted by Crippen LogP contribution is 2.49. The van der Waals surface area contributed by atoms with E-state index in [1.807, 2.05) is 36.4 Å². The number of hydrogen-bond acceptors (Lipinski definition) is 3. The summed E-state index contributed by atoms with van der Waals surface area (Å²) in [5, 5.41) is 10.2. The number of carbonyl (C=O) groups is 3. The van der Waals surface area contributed by atoms with E-state index in [-0.39, 0.29) is 29.6 Å². The zero-order valence-corrected chi connectivity index (χ0v) is 20.9. The molecule has 3 amide bonds. The fourth-order valence-corrected chi connectivity index (χ4v) is 5.88. The van der Waals surface area contributed by atoms with Gasteiger partial charge in [-0.15, -0.1) is 0 Å². The molecule has 1 heterocycles. The second-order valence-corrected chi connectivity index (χ2v) is 10.3. The average Bonchev–Trinajstić information content (AvgIpc) is 3.26. The number of benzene rings is 2. The van der Waals surface area contributed by atoms with E-state index in [4.69, 9.17) is 34.8 Å². The maximum atomic E-state index is 13.2. The van der Waals surface area contributed by atoms with E-state index < -0.39 is 11.6 Å². The van der Waals surface area contributed by atoms with Gasteiger partial charge < -0.3 is 16.0 Å². The minimum absolute atomic E-state index is 0.00630. The second-order valence-electron chi connectivity index (χ2n) is 8.98. The molecule has 1 saturated heterocycles. The van der Waals surface area contributed by atoms with Gasteiger partial charge in [0.1, 0.15) is 11.6 Å². The maximum Gasteiger partial charge on any atom is 0.245 e. The number of halogens is 3. The first kappa shape index (κ1) is 24.8. The molecule has 180 valence electrons. The molecule has 34 heavy (non-hydrogen) atoms. The number of hydrogen-bond donors (Lipinski definition) is 3. The Balaban J connectivity index is 1.71. The number of amides is 3. The molecule has 1 saturated carbocycles. The molecule has 0 aromatic heterocycles. The van der Waals surface area contributed by atoms with Gasteiger partial charge in [0, 0.05) is 28.5 Å². The van der Waals surface area contributed by atoms with Gasteiger partial charge in [0.05, 0.1) is 0 Å². The van der Waals surface area contributed by atoms with Crippen LogP contribution in [0.25, 0.3) is 0 Å². The minimum atomic E-state index is -1.13. The van der Waals surface area contributed by atoms with Crippen LogP contribution in [0, 0.1) is 0 Å². The molecular weight excluding hydrogens is 497 g/mol. The van der Waals surface area contributed by atoms with Crippen molar-refractivity contribution in [3.05, 3.63) is 68.7 Å². The Morgan fingerprint density at radius 1 is 1.00 bits per heavy atom. The summed E-state index contributed by atoms with van der Waals surface area (Å²) in [6.07, 6.45) is 2.12. The van der Waals surface area contributed by atoms with Gasteiger partial charge in [0.2, 0.25) is 17.7 Å². The molecule has 6 nitrogen and oxygen atoms in total. The van der Waals surface area contributed by atoms with Crippen molar-refractivity contribution in [3.63, 3.8) is 0 Å². The summed E-state index contributed by atoms with van der Waals surface area (Å²) >= 11 is 18.9. The summed E-state index contributed by atoms with van der Waals surface area (Å²) in [5.41, 5.74) is 0.821. The Morgan fingerprint density at radius 2 is 1.71 bits per heavy atom. The Labute approximate surface area is 213 Å². The third kappa shape index (κ3) is 5.04. The number of nitrogens with one attached hydrogen (secondary N) is 3. The largest absolute Gasteiger partial charge is 0.357 e. The lowest BCUT2D eigenvalue weighted by Crippen LogP contribution is -2.63. The van der Waals surface area contributed by atoms with Crippen molar-refractivity contribution in [2.45, 2.75) is 55.5 Å². The molecule has 1 aliphatic carbocycles. The molecule has 1 unspecified atom stereocenters. The number of likely N-dealkylation sites (N-methyl/N-ethyl adjacent to an activating group) is 1. The van der Waals surface area contributed by atoms with Gasteiger partial charge in [-0.05, 0) is 72.9 Å². The SMILES string of the molecule is CNC(=O)[C@]1(NC(=O)C2CCC(=O)N2)CC[C@@H](c2ccc(Cl)cc2Cl)[C@H](c2ccc(Cl)cc2)C1. The smallest absolute Gasteiger partial charge is 0.245 e. The van der Waals surface area contributed by atoms with E-state index in [1.54, 1.807) is 13.1 Å². The minimum Gasteiger partial charge on any atom is -0.357 e. The summed E-state index contributed by atoms with van der Waals surface area (Å²) in [4.78, 5) is 37.9. The molecule has 2 aromatic rings. The zero-order valence-electron chi connectivity index (χ0n) is 18.7.